The number of nitrogens with one attached hydrogen (secondary N) is 2. The van der Waals surface area contributed by atoms with Crippen molar-refractivity contribution in [2.75, 3.05) is 18.9 Å². The third-order valence-corrected chi connectivity index (χ3v) is 4.69. The van der Waals surface area contributed by atoms with Gasteiger partial charge in [-0.2, -0.15) is 15.4 Å². The fraction of sp³-hybridized carbons (Fsp3) is 0.263. The second-order valence-electron chi connectivity index (χ2n) is 6.58. The van der Waals surface area contributed by atoms with Gasteiger partial charge in [-0.15, -0.1) is 0 Å². The van der Waals surface area contributed by atoms with Crippen molar-refractivity contribution in [3.63, 3.8) is 0 Å². The molecule has 1 aromatic heterocycles. The Hall–Kier alpha value is -3.42. The Kier molecular flexibility index (Phi) is 4.23. The normalized spacial score (nSPS) is 16.7. The highest BCUT2D eigenvalue weighted by Crippen LogP contribution is 2.25. The average Bonchev–Trinajstić information content (AvgIpc) is 3.25. The van der Waals surface area contributed by atoms with Crippen LogP contribution in [0.3, 0.4) is 0 Å². The van der Waals surface area contributed by atoms with Crippen molar-refractivity contribution in [1.29, 1.82) is 0 Å². The molecule has 4 rings (SSSR count). The van der Waals surface area contributed by atoms with Gasteiger partial charge in [0, 0.05) is 25.7 Å². The predicted octanol–water partition coefficient (Wildman–Crippen LogP) is 2.13. The quantitative estimate of drug-likeness (QED) is 0.738. The topological polar surface area (TPSA) is 100 Å². The minimum absolute atomic E-state index is 0.00857. The van der Waals surface area contributed by atoms with Gasteiger partial charge in [-0.25, -0.2) is 0 Å². The van der Waals surface area contributed by atoms with E-state index in [1.54, 1.807) is 42.3 Å². The van der Waals surface area contributed by atoms with Crippen LogP contribution >= 0.6 is 0 Å². The number of likely N-dealkylation sites (N-methyl/N-ethyl adjacent to an activating group) is 1. The number of H-pyrrole nitrogens is 1. The summed E-state index contributed by atoms with van der Waals surface area (Å²) >= 11 is 0. The summed E-state index contributed by atoms with van der Waals surface area (Å²) in [7, 11) is 1.77. The lowest BCUT2D eigenvalue weighted by Crippen LogP contribution is -2.29. The first-order chi connectivity index (χ1) is 13.0. The Balaban J connectivity index is 1.50. The van der Waals surface area contributed by atoms with Crippen LogP contribution in [0, 0.1) is 6.92 Å². The van der Waals surface area contributed by atoms with Crippen molar-refractivity contribution in [3.05, 3.63) is 47.5 Å². The molecule has 2 amide bonds. The van der Waals surface area contributed by atoms with E-state index in [1.165, 1.54) is 0 Å². The Morgan fingerprint density at radius 3 is 2.89 bits per heavy atom. The molecule has 1 unspecified atom stereocenters. The van der Waals surface area contributed by atoms with Crippen LogP contribution in [0.25, 0.3) is 11.0 Å². The Bertz CT molecular complexity index is 1030. The van der Waals surface area contributed by atoms with Gasteiger partial charge < -0.3 is 15.0 Å². The van der Waals surface area contributed by atoms with E-state index in [4.69, 9.17) is 4.74 Å². The van der Waals surface area contributed by atoms with E-state index in [0.29, 0.717) is 41.0 Å². The van der Waals surface area contributed by atoms with Crippen molar-refractivity contribution in [1.82, 2.24) is 20.3 Å². The van der Waals surface area contributed by atoms with Crippen LogP contribution in [0.1, 0.15) is 22.3 Å². The molecule has 3 aromatic rings. The second kappa shape index (κ2) is 6.71. The van der Waals surface area contributed by atoms with Gasteiger partial charge in [-0.1, -0.05) is 6.07 Å². The maximum atomic E-state index is 12.6. The van der Waals surface area contributed by atoms with Crippen LogP contribution in [0.5, 0.6) is 5.75 Å². The molecule has 1 fully saturated rings. The van der Waals surface area contributed by atoms with E-state index in [2.05, 4.69) is 20.7 Å². The van der Waals surface area contributed by atoms with E-state index < -0.39 is 6.10 Å². The molecular formula is C19H19N5O3. The van der Waals surface area contributed by atoms with Crippen LogP contribution < -0.4 is 10.1 Å². The molecule has 2 N–H and O–H groups in total. The first-order valence-corrected chi connectivity index (χ1v) is 8.66. The molecule has 138 valence electrons. The number of rotatable bonds is 4. The van der Waals surface area contributed by atoms with Crippen molar-refractivity contribution in [2.45, 2.75) is 19.4 Å². The zero-order valence-electron chi connectivity index (χ0n) is 15.0. The third-order valence-electron chi connectivity index (χ3n) is 4.69. The lowest BCUT2D eigenvalue weighted by molar-refractivity contribution is -0.132. The highest BCUT2D eigenvalue weighted by Gasteiger charge is 2.30. The van der Waals surface area contributed by atoms with Crippen molar-refractivity contribution in [2.24, 2.45) is 0 Å². The summed E-state index contributed by atoms with van der Waals surface area (Å²) in [6.45, 7) is 2.58. The van der Waals surface area contributed by atoms with E-state index in [1.807, 2.05) is 13.0 Å². The van der Waals surface area contributed by atoms with Gasteiger partial charge in [0.25, 0.3) is 11.8 Å². The molecule has 0 bridgehead atoms. The zero-order valence-corrected chi connectivity index (χ0v) is 15.0. The smallest absolute Gasteiger partial charge is 0.263 e. The molecule has 1 saturated heterocycles. The minimum Gasteiger partial charge on any atom is -0.481 e. The molecule has 1 aliphatic heterocycles. The lowest BCUT2D eigenvalue weighted by atomic mass is 10.1. The standard InChI is InChI=1S/C19H19N5O3/c1-11-10-12(27-16-8-9-24(2)19(16)26)6-7-14(11)20-18(25)13-4-3-5-15-17(13)22-23-21-15/h3-7,10,16H,8-9H2,1-2H3,(H,20,25)(H,21,22,23). The number of likely N-dealkylation sites (tertiary alicyclic amines) is 1. The summed E-state index contributed by atoms with van der Waals surface area (Å²) in [6, 6.07) is 10.6. The maximum absolute atomic E-state index is 12.6. The number of aryl methyl sites for hydroxylation is 1. The molecule has 1 aliphatic rings. The van der Waals surface area contributed by atoms with Gasteiger partial charge in [0.1, 0.15) is 16.8 Å². The Morgan fingerprint density at radius 2 is 2.15 bits per heavy atom. The molecule has 0 aliphatic carbocycles. The second-order valence-corrected chi connectivity index (χ2v) is 6.58. The Morgan fingerprint density at radius 1 is 1.30 bits per heavy atom. The number of carbonyl (C=O) groups is 2. The minimum atomic E-state index is -0.445. The van der Waals surface area contributed by atoms with E-state index in [9.17, 15) is 9.59 Å². The lowest BCUT2D eigenvalue weighted by Gasteiger charge is -2.15. The molecule has 0 saturated carbocycles. The molecule has 0 radical (unpaired) electrons. The first kappa shape index (κ1) is 17.0. The third kappa shape index (κ3) is 3.21. The number of hydrogen-bond donors (Lipinski definition) is 2. The molecule has 2 aromatic carbocycles. The fourth-order valence-electron chi connectivity index (χ4n) is 3.15. The molecular weight excluding hydrogens is 346 g/mol. The van der Waals surface area contributed by atoms with Crippen LogP contribution in [0.2, 0.25) is 0 Å². The molecule has 8 nitrogen and oxygen atoms in total. The van der Waals surface area contributed by atoms with Gasteiger partial charge in [-0.05, 0) is 42.8 Å². The van der Waals surface area contributed by atoms with Crippen molar-refractivity contribution >= 4 is 28.5 Å². The summed E-state index contributed by atoms with van der Waals surface area (Å²) in [6.07, 6.45) is 0.230. The number of anilines is 1. The SMILES string of the molecule is Cc1cc(OC2CCN(C)C2=O)ccc1NC(=O)c1cccc2n[nH]nc12. The number of nitrogens with zero attached hydrogens (tertiary/aromatic N) is 3. The summed E-state index contributed by atoms with van der Waals surface area (Å²) < 4.78 is 5.80. The van der Waals surface area contributed by atoms with Gasteiger partial charge in [0.2, 0.25) is 0 Å². The number of ether oxygens (including phenoxy) is 1. The monoisotopic (exact) mass is 365 g/mol. The number of benzene rings is 2. The number of aromatic nitrogens is 3. The van der Waals surface area contributed by atoms with Gasteiger partial charge >= 0.3 is 0 Å². The summed E-state index contributed by atoms with van der Waals surface area (Å²) in [5, 5.41) is 13.5. The highest BCUT2D eigenvalue weighted by atomic mass is 16.5. The summed E-state index contributed by atoms with van der Waals surface area (Å²) in [5.74, 6) is 0.336. The van der Waals surface area contributed by atoms with Crippen LogP contribution in [0.15, 0.2) is 36.4 Å². The molecule has 2 heterocycles. The molecule has 27 heavy (non-hydrogen) atoms. The summed E-state index contributed by atoms with van der Waals surface area (Å²) in [4.78, 5) is 26.3. The number of amides is 2. The van der Waals surface area contributed by atoms with Gasteiger partial charge in [-0.3, -0.25) is 9.59 Å². The molecule has 1 atom stereocenters. The highest BCUT2D eigenvalue weighted by molar-refractivity contribution is 6.11. The number of hydrogen-bond acceptors (Lipinski definition) is 5. The average molecular weight is 365 g/mol. The molecule has 8 heteroatoms. The number of aromatic amines is 1. The first-order valence-electron chi connectivity index (χ1n) is 8.66. The predicted molar refractivity (Wildman–Crippen MR) is 99.7 cm³/mol. The van der Waals surface area contributed by atoms with Crippen LogP contribution in [-0.4, -0.2) is 51.8 Å². The van der Waals surface area contributed by atoms with Crippen molar-refractivity contribution in [3.8, 4) is 5.75 Å². The summed E-state index contributed by atoms with van der Waals surface area (Å²) in [5.41, 5.74) is 3.11. The van der Waals surface area contributed by atoms with Crippen LogP contribution in [-0.2, 0) is 4.79 Å². The zero-order chi connectivity index (χ0) is 19.0. The number of carbonyl (C=O) groups excluding carboxylic acids is 2. The Labute approximate surface area is 155 Å². The number of para-hydroxylation sites is 1. The van der Waals surface area contributed by atoms with Gasteiger partial charge in [0.05, 0.1) is 5.56 Å². The van der Waals surface area contributed by atoms with E-state index in [-0.39, 0.29) is 11.8 Å². The fourth-order valence-corrected chi connectivity index (χ4v) is 3.15. The van der Waals surface area contributed by atoms with E-state index >= 15 is 0 Å². The van der Waals surface area contributed by atoms with Gasteiger partial charge in [0.15, 0.2) is 6.10 Å². The molecule has 0 spiro atoms. The maximum Gasteiger partial charge on any atom is 0.263 e. The largest absolute Gasteiger partial charge is 0.481 e. The van der Waals surface area contributed by atoms with Crippen molar-refractivity contribution < 1.29 is 14.3 Å². The van der Waals surface area contributed by atoms with E-state index in [0.717, 1.165) is 5.56 Å². The van der Waals surface area contributed by atoms with Crippen LogP contribution in [0.4, 0.5) is 5.69 Å². The number of fused-ring (bicyclic) bond motifs is 1.